The topological polar surface area (TPSA) is 21.3 Å². The second-order valence-electron chi connectivity index (χ2n) is 5.59. The first-order chi connectivity index (χ1) is 9.65. The molecule has 1 aliphatic heterocycles. The zero-order chi connectivity index (χ0) is 14.1. The van der Waals surface area contributed by atoms with Gasteiger partial charge < -0.3 is 10.1 Å². The van der Waals surface area contributed by atoms with Crippen LogP contribution >= 0.6 is 0 Å². The van der Waals surface area contributed by atoms with E-state index < -0.39 is 0 Å². The summed E-state index contributed by atoms with van der Waals surface area (Å²) >= 11 is 0. The number of hydrogen-bond donors (Lipinski definition) is 1. The molecule has 0 saturated carbocycles. The molecular formula is C18H21NO. The van der Waals surface area contributed by atoms with Gasteiger partial charge in [0.2, 0.25) is 0 Å². The van der Waals surface area contributed by atoms with Crippen LogP contribution in [0, 0.1) is 13.8 Å². The van der Waals surface area contributed by atoms with Crippen molar-refractivity contribution >= 4 is 5.69 Å². The van der Waals surface area contributed by atoms with Crippen LogP contribution in [0.5, 0.6) is 5.75 Å². The maximum absolute atomic E-state index is 6.16. The highest BCUT2D eigenvalue weighted by atomic mass is 16.5. The van der Waals surface area contributed by atoms with Gasteiger partial charge in [0.25, 0.3) is 0 Å². The highest BCUT2D eigenvalue weighted by Gasteiger charge is 2.21. The fourth-order valence-corrected chi connectivity index (χ4v) is 2.82. The van der Waals surface area contributed by atoms with Crippen LogP contribution in [-0.2, 0) is 6.42 Å². The van der Waals surface area contributed by atoms with Gasteiger partial charge in [-0.1, -0.05) is 42.3 Å². The van der Waals surface area contributed by atoms with Crippen LogP contribution in [0.25, 0.3) is 0 Å². The predicted octanol–water partition coefficient (Wildman–Crippen LogP) is 4.41. The third kappa shape index (κ3) is 2.51. The summed E-state index contributed by atoms with van der Waals surface area (Å²) in [6.45, 7) is 7.26. The Bertz CT molecular complexity index is 613. The first-order valence-electron chi connectivity index (χ1n) is 7.27. The van der Waals surface area contributed by atoms with Crippen molar-refractivity contribution in [1.82, 2.24) is 0 Å². The van der Waals surface area contributed by atoms with Crippen molar-refractivity contribution in [1.29, 1.82) is 0 Å². The summed E-state index contributed by atoms with van der Waals surface area (Å²) in [5.74, 6) is 0.956. The third-order valence-electron chi connectivity index (χ3n) is 3.82. The Morgan fingerprint density at radius 1 is 1.10 bits per heavy atom. The van der Waals surface area contributed by atoms with Crippen molar-refractivity contribution in [3.63, 3.8) is 0 Å². The number of fused-ring (bicyclic) bond motifs is 1. The van der Waals surface area contributed by atoms with Gasteiger partial charge in [0.15, 0.2) is 0 Å². The van der Waals surface area contributed by atoms with Gasteiger partial charge in [-0.05, 0) is 43.5 Å². The number of rotatable bonds is 2. The van der Waals surface area contributed by atoms with E-state index in [0.29, 0.717) is 0 Å². The molecule has 0 aromatic heterocycles. The van der Waals surface area contributed by atoms with E-state index in [2.05, 4.69) is 62.5 Å². The molecule has 2 heteroatoms. The molecule has 3 rings (SSSR count). The lowest BCUT2D eigenvalue weighted by Gasteiger charge is -2.28. The number of anilines is 1. The van der Waals surface area contributed by atoms with Crippen molar-refractivity contribution in [2.45, 2.75) is 33.3 Å². The predicted molar refractivity (Wildman–Crippen MR) is 83.6 cm³/mol. The van der Waals surface area contributed by atoms with Crippen LogP contribution in [0.15, 0.2) is 36.4 Å². The average Bonchev–Trinajstić information content (AvgIpc) is 2.45. The van der Waals surface area contributed by atoms with E-state index in [-0.39, 0.29) is 6.10 Å². The molecular weight excluding hydrogens is 246 g/mol. The van der Waals surface area contributed by atoms with Gasteiger partial charge in [0, 0.05) is 0 Å². The quantitative estimate of drug-likeness (QED) is 0.870. The van der Waals surface area contributed by atoms with Crippen molar-refractivity contribution in [3.8, 4) is 5.75 Å². The first-order valence-corrected chi connectivity index (χ1v) is 7.27. The Labute approximate surface area is 120 Å². The van der Waals surface area contributed by atoms with Crippen LogP contribution in [0.1, 0.15) is 35.3 Å². The molecule has 1 N–H and O–H groups in total. The molecule has 0 spiro atoms. The molecule has 1 aliphatic rings. The molecule has 20 heavy (non-hydrogen) atoms. The molecule has 104 valence electrons. The second kappa shape index (κ2) is 5.20. The molecule has 0 aliphatic carbocycles. The molecule has 2 nitrogen and oxygen atoms in total. The molecule has 0 fully saturated rings. The SMILES string of the molecule is CCc1ccc2c(c1)NCC(c1cc(C)cc(C)c1)O2. The zero-order valence-corrected chi connectivity index (χ0v) is 12.4. The third-order valence-corrected chi connectivity index (χ3v) is 3.82. The van der Waals surface area contributed by atoms with Crippen molar-refractivity contribution in [3.05, 3.63) is 58.7 Å². The average molecular weight is 267 g/mol. The van der Waals surface area contributed by atoms with E-state index >= 15 is 0 Å². The van der Waals surface area contributed by atoms with Crippen molar-refractivity contribution < 1.29 is 4.74 Å². The van der Waals surface area contributed by atoms with Crippen molar-refractivity contribution in [2.75, 3.05) is 11.9 Å². The maximum Gasteiger partial charge on any atom is 0.143 e. The fourth-order valence-electron chi connectivity index (χ4n) is 2.82. The van der Waals surface area contributed by atoms with Crippen molar-refractivity contribution in [2.24, 2.45) is 0 Å². The molecule has 2 aromatic rings. The molecule has 1 unspecified atom stereocenters. The van der Waals surface area contributed by atoms with E-state index in [0.717, 1.165) is 24.4 Å². The van der Waals surface area contributed by atoms with Crippen LogP contribution in [0.2, 0.25) is 0 Å². The number of ether oxygens (including phenoxy) is 1. The lowest BCUT2D eigenvalue weighted by molar-refractivity contribution is 0.210. The van der Waals surface area contributed by atoms with E-state index in [4.69, 9.17) is 4.74 Å². The minimum Gasteiger partial charge on any atom is -0.482 e. The van der Waals surface area contributed by atoms with E-state index in [1.54, 1.807) is 0 Å². The van der Waals surface area contributed by atoms with Gasteiger partial charge in [-0.15, -0.1) is 0 Å². The molecule has 1 heterocycles. The first kappa shape index (κ1) is 13.0. The largest absolute Gasteiger partial charge is 0.482 e. The Hall–Kier alpha value is -1.96. The summed E-state index contributed by atoms with van der Waals surface area (Å²) in [6, 6.07) is 13.0. The van der Waals surface area contributed by atoms with Gasteiger partial charge in [0.1, 0.15) is 11.9 Å². The standard InChI is InChI=1S/C18H21NO/c1-4-14-5-6-17-16(10-14)19-11-18(20-17)15-8-12(2)7-13(3)9-15/h5-10,18-19H,4,11H2,1-3H3. The second-order valence-corrected chi connectivity index (χ2v) is 5.59. The van der Waals surface area contributed by atoms with E-state index in [1.165, 1.54) is 22.3 Å². The lowest BCUT2D eigenvalue weighted by Crippen LogP contribution is -2.23. The van der Waals surface area contributed by atoms with Gasteiger partial charge in [0.05, 0.1) is 12.2 Å². The Morgan fingerprint density at radius 3 is 2.55 bits per heavy atom. The fraction of sp³-hybridized carbons (Fsp3) is 0.333. The molecule has 2 aromatic carbocycles. The van der Waals surface area contributed by atoms with E-state index in [9.17, 15) is 0 Å². The number of benzene rings is 2. The van der Waals surface area contributed by atoms with Gasteiger partial charge in [-0.2, -0.15) is 0 Å². The number of aryl methyl sites for hydroxylation is 3. The van der Waals surface area contributed by atoms with Crippen LogP contribution in [0.4, 0.5) is 5.69 Å². The minimum absolute atomic E-state index is 0.0913. The maximum atomic E-state index is 6.16. The van der Waals surface area contributed by atoms with Gasteiger partial charge in [-0.3, -0.25) is 0 Å². The van der Waals surface area contributed by atoms with Crippen LogP contribution in [-0.4, -0.2) is 6.54 Å². The molecule has 0 radical (unpaired) electrons. The molecule has 0 bridgehead atoms. The Morgan fingerprint density at radius 2 is 1.85 bits per heavy atom. The number of nitrogens with one attached hydrogen (secondary N) is 1. The molecule has 1 atom stereocenters. The summed E-state index contributed by atoms with van der Waals surface area (Å²) < 4.78 is 6.16. The smallest absolute Gasteiger partial charge is 0.143 e. The normalized spacial score (nSPS) is 17.1. The van der Waals surface area contributed by atoms with Gasteiger partial charge >= 0.3 is 0 Å². The monoisotopic (exact) mass is 267 g/mol. The van der Waals surface area contributed by atoms with Gasteiger partial charge in [-0.25, -0.2) is 0 Å². The minimum atomic E-state index is 0.0913. The summed E-state index contributed by atoms with van der Waals surface area (Å²) in [7, 11) is 0. The van der Waals surface area contributed by atoms with Crippen LogP contribution in [0.3, 0.4) is 0 Å². The summed E-state index contributed by atoms with van der Waals surface area (Å²) in [5.41, 5.74) is 6.28. The van der Waals surface area contributed by atoms with E-state index in [1.807, 2.05) is 0 Å². The molecule has 0 amide bonds. The molecule has 0 saturated heterocycles. The summed E-state index contributed by atoms with van der Waals surface area (Å²) in [6.07, 6.45) is 1.14. The number of hydrogen-bond acceptors (Lipinski definition) is 2. The summed E-state index contributed by atoms with van der Waals surface area (Å²) in [5, 5.41) is 3.50. The van der Waals surface area contributed by atoms with Crippen LogP contribution < -0.4 is 10.1 Å². The Kier molecular flexibility index (Phi) is 3.39. The summed E-state index contributed by atoms with van der Waals surface area (Å²) in [4.78, 5) is 0. The highest BCUT2D eigenvalue weighted by molar-refractivity contribution is 5.60. The highest BCUT2D eigenvalue weighted by Crippen LogP contribution is 2.35. The Balaban J connectivity index is 1.88. The zero-order valence-electron chi connectivity index (χ0n) is 12.4. The lowest BCUT2D eigenvalue weighted by atomic mass is 10.0.